The molecule has 0 radical (unpaired) electrons. The topological polar surface area (TPSA) is 39.7 Å². The zero-order valence-corrected chi connectivity index (χ0v) is 14.7. The van der Waals surface area contributed by atoms with Crippen LogP contribution in [-0.4, -0.2) is 62.1 Å². The van der Waals surface area contributed by atoms with Gasteiger partial charge in [0, 0.05) is 25.4 Å². The first kappa shape index (κ1) is 19.6. The van der Waals surface area contributed by atoms with Crippen LogP contribution >= 0.6 is 11.8 Å². The first-order valence-electron chi connectivity index (χ1n) is 8.01. The summed E-state index contributed by atoms with van der Waals surface area (Å²) in [6.07, 6.45) is 5.74. The van der Waals surface area contributed by atoms with Gasteiger partial charge in [0.05, 0.1) is 0 Å². The van der Waals surface area contributed by atoms with Crippen LogP contribution in [0, 0.1) is 0 Å². The molecule has 0 unspecified atom stereocenters. The predicted octanol–water partition coefficient (Wildman–Crippen LogP) is 2.42. The quantitative estimate of drug-likeness (QED) is 0.330. The van der Waals surface area contributed by atoms with E-state index in [1.165, 1.54) is 25.9 Å². The Hall–Kier alpha value is -0.420. The Kier molecular flexibility index (Phi) is 14.7. The lowest BCUT2D eigenvalue weighted by Crippen LogP contribution is -2.38. The third kappa shape index (κ3) is 11.4. The van der Waals surface area contributed by atoms with Gasteiger partial charge in [0.25, 0.3) is 0 Å². The van der Waals surface area contributed by atoms with Crippen molar-refractivity contribution in [2.45, 2.75) is 40.0 Å². The van der Waals surface area contributed by atoms with Crippen LogP contribution in [0.25, 0.3) is 0 Å². The highest BCUT2D eigenvalue weighted by Crippen LogP contribution is 1.96. The predicted molar refractivity (Wildman–Crippen MR) is 94.0 cm³/mol. The minimum absolute atomic E-state index is 0.901. The summed E-state index contributed by atoms with van der Waals surface area (Å²) in [4.78, 5) is 7.18. The van der Waals surface area contributed by atoms with Gasteiger partial charge in [-0.1, -0.05) is 13.8 Å². The summed E-state index contributed by atoms with van der Waals surface area (Å²) in [6.45, 7) is 13.0. The third-order valence-corrected chi connectivity index (χ3v) is 3.54. The van der Waals surface area contributed by atoms with Gasteiger partial charge in [0.15, 0.2) is 5.96 Å². The zero-order valence-electron chi connectivity index (χ0n) is 13.9. The summed E-state index contributed by atoms with van der Waals surface area (Å²) >= 11 is 1.85. The molecule has 0 aliphatic carbocycles. The molecular formula is C15H34N4S. The van der Waals surface area contributed by atoms with E-state index >= 15 is 0 Å². The molecule has 0 spiro atoms. The van der Waals surface area contributed by atoms with Crippen LogP contribution in [0.3, 0.4) is 0 Å². The van der Waals surface area contributed by atoms with Gasteiger partial charge in [-0.15, -0.1) is 0 Å². The Labute approximate surface area is 130 Å². The molecule has 0 saturated heterocycles. The second kappa shape index (κ2) is 15.0. The molecule has 0 aliphatic heterocycles. The van der Waals surface area contributed by atoms with Crippen LogP contribution in [0.2, 0.25) is 0 Å². The van der Waals surface area contributed by atoms with Crippen LogP contribution in [-0.2, 0) is 0 Å². The molecule has 120 valence electrons. The summed E-state index contributed by atoms with van der Waals surface area (Å²) < 4.78 is 0. The van der Waals surface area contributed by atoms with Crippen molar-refractivity contribution in [3.63, 3.8) is 0 Å². The van der Waals surface area contributed by atoms with Gasteiger partial charge in [-0.2, -0.15) is 11.8 Å². The fraction of sp³-hybridized carbons (Fsp3) is 0.933. The summed E-state index contributed by atoms with van der Waals surface area (Å²) in [5.41, 5.74) is 0. The Morgan fingerprint density at radius 3 is 2.30 bits per heavy atom. The van der Waals surface area contributed by atoms with Crippen LogP contribution < -0.4 is 10.6 Å². The Balaban J connectivity index is 3.94. The van der Waals surface area contributed by atoms with E-state index < -0.39 is 0 Å². The van der Waals surface area contributed by atoms with Gasteiger partial charge < -0.3 is 15.5 Å². The van der Waals surface area contributed by atoms with Crippen LogP contribution in [0.15, 0.2) is 4.99 Å². The third-order valence-electron chi connectivity index (χ3n) is 2.92. The second-order valence-electron chi connectivity index (χ2n) is 4.88. The first-order chi connectivity index (χ1) is 9.78. The van der Waals surface area contributed by atoms with Crippen molar-refractivity contribution in [1.29, 1.82) is 0 Å². The Morgan fingerprint density at radius 2 is 1.75 bits per heavy atom. The lowest BCUT2D eigenvalue weighted by atomic mass is 10.3. The molecule has 0 atom stereocenters. The van der Waals surface area contributed by atoms with E-state index in [1.54, 1.807) is 0 Å². The molecule has 0 saturated carbocycles. The van der Waals surface area contributed by atoms with Crippen molar-refractivity contribution in [2.24, 2.45) is 4.99 Å². The maximum Gasteiger partial charge on any atom is 0.191 e. The smallest absolute Gasteiger partial charge is 0.191 e. The van der Waals surface area contributed by atoms with Crippen molar-refractivity contribution in [1.82, 2.24) is 15.5 Å². The molecule has 0 heterocycles. The zero-order chi connectivity index (χ0) is 15.1. The SMILES string of the molecule is CCCN(CCC)CCCN=C(NCC)NCCSC. The van der Waals surface area contributed by atoms with Gasteiger partial charge in [-0.25, -0.2) is 0 Å². The molecule has 4 nitrogen and oxygen atoms in total. The number of hydrogen-bond acceptors (Lipinski definition) is 3. The summed E-state index contributed by atoms with van der Waals surface area (Å²) in [6, 6.07) is 0. The number of hydrogen-bond donors (Lipinski definition) is 2. The number of nitrogens with one attached hydrogen (secondary N) is 2. The molecule has 20 heavy (non-hydrogen) atoms. The molecule has 0 aliphatic rings. The average molecular weight is 303 g/mol. The van der Waals surface area contributed by atoms with Crippen LogP contribution in [0.5, 0.6) is 0 Å². The summed E-state index contributed by atoms with van der Waals surface area (Å²) in [5, 5.41) is 6.66. The van der Waals surface area contributed by atoms with Crippen molar-refractivity contribution >= 4 is 17.7 Å². The average Bonchev–Trinajstić information content (AvgIpc) is 2.44. The van der Waals surface area contributed by atoms with E-state index in [4.69, 9.17) is 0 Å². The van der Waals surface area contributed by atoms with Gasteiger partial charge in [0.1, 0.15) is 0 Å². The molecule has 0 bridgehead atoms. The van der Waals surface area contributed by atoms with E-state index in [1.807, 2.05) is 11.8 Å². The van der Waals surface area contributed by atoms with E-state index in [9.17, 15) is 0 Å². The van der Waals surface area contributed by atoms with Crippen molar-refractivity contribution in [3.8, 4) is 0 Å². The fourth-order valence-electron chi connectivity index (χ4n) is 2.07. The van der Waals surface area contributed by atoms with E-state index in [0.717, 1.165) is 44.3 Å². The van der Waals surface area contributed by atoms with Gasteiger partial charge >= 0.3 is 0 Å². The molecule has 0 amide bonds. The standard InChI is InChI=1S/C15H34N4S/c1-5-11-19(12-6-2)13-8-9-17-15(16-7-3)18-10-14-20-4/h5-14H2,1-4H3,(H2,16,17,18). The molecule has 2 N–H and O–H groups in total. The highest BCUT2D eigenvalue weighted by Gasteiger charge is 2.02. The van der Waals surface area contributed by atoms with Gasteiger partial charge in [-0.05, 0) is 52.1 Å². The van der Waals surface area contributed by atoms with Crippen LogP contribution in [0.4, 0.5) is 0 Å². The number of guanidine groups is 1. The molecule has 5 heteroatoms. The van der Waals surface area contributed by atoms with E-state index in [-0.39, 0.29) is 0 Å². The summed E-state index contributed by atoms with van der Waals surface area (Å²) in [5.74, 6) is 2.07. The Bertz CT molecular complexity index is 228. The minimum atomic E-state index is 0.901. The van der Waals surface area contributed by atoms with Crippen LogP contribution in [0.1, 0.15) is 40.0 Å². The van der Waals surface area contributed by atoms with Crippen molar-refractivity contribution in [3.05, 3.63) is 0 Å². The number of aliphatic imine (C=N–C) groups is 1. The summed E-state index contributed by atoms with van der Waals surface area (Å²) in [7, 11) is 0. The number of thioether (sulfide) groups is 1. The van der Waals surface area contributed by atoms with Crippen molar-refractivity contribution < 1.29 is 0 Å². The lowest BCUT2D eigenvalue weighted by molar-refractivity contribution is 0.273. The lowest BCUT2D eigenvalue weighted by Gasteiger charge is -2.20. The molecular weight excluding hydrogens is 268 g/mol. The second-order valence-corrected chi connectivity index (χ2v) is 5.86. The van der Waals surface area contributed by atoms with E-state index in [0.29, 0.717) is 0 Å². The maximum absolute atomic E-state index is 4.64. The molecule has 0 rings (SSSR count). The number of rotatable bonds is 12. The Morgan fingerprint density at radius 1 is 1.05 bits per heavy atom. The molecule has 0 aromatic rings. The molecule has 0 aromatic carbocycles. The van der Waals surface area contributed by atoms with Gasteiger partial charge in [-0.3, -0.25) is 4.99 Å². The normalized spacial score (nSPS) is 11.9. The fourth-order valence-corrected chi connectivity index (χ4v) is 2.37. The maximum atomic E-state index is 4.64. The largest absolute Gasteiger partial charge is 0.357 e. The minimum Gasteiger partial charge on any atom is -0.357 e. The van der Waals surface area contributed by atoms with E-state index in [2.05, 4.69) is 47.6 Å². The molecule has 0 fully saturated rings. The van der Waals surface area contributed by atoms with Gasteiger partial charge in [0.2, 0.25) is 0 Å². The highest BCUT2D eigenvalue weighted by molar-refractivity contribution is 7.98. The highest BCUT2D eigenvalue weighted by atomic mass is 32.2. The number of nitrogens with zero attached hydrogens (tertiary/aromatic N) is 2. The van der Waals surface area contributed by atoms with Crippen molar-refractivity contribution in [2.75, 3.05) is 51.3 Å². The monoisotopic (exact) mass is 302 g/mol. The molecule has 0 aromatic heterocycles. The first-order valence-corrected chi connectivity index (χ1v) is 9.41.